The molecule has 1 aliphatic rings. The van der Waals surface area contributed by atoms with Gasteiger partial charge in [-0.1, -0.05) is 11.6 Å². The van der Waals surface area contributed by atoms with Gasteiger partial charge in [-0.15, -0.1) is 11.3 Å². The Bertz CT molecular complexity index is 529. The van der Waals surface area contributed by atoms with Crippen LogP contribution in [0.5, 0.6) is 5.75 Å². The standard InChI is InChI=1S/C12H10ClNO2S/c13-7-1-2-10-8(3-7)9(15)4-11(16-10)12-5-14-6-17-12/h1-3,5-6,9,11,15H,4H2/t9-,11?/m0/s1. The van der Waals surface area contributed by atoms with Gasteiger partial charge in [0.2, 0.25) is 0 Å². The van der Waals surface area contributed by atoms with E-state index < -0.39 is 6.10 Å². The summed E-state index contributed by atoms with van der Waals surface area (Å²) in [7, 11) is 0. The number of ether oxygens (including phenoxy) is 1. The maximum absolute atomic E-state index is 10.1. The van der Waals surface area contributed by atoms with Crippen molar-refractivity contribution in [3.63, 3.8) is 0 Å². The lowest BCUT2D eigenvalue weighted by atomic mass is 9.98. The summed E-state index contributed by atoms with van der Waals surface area (Å²) in [6.07, 6.45) is 1.66. The van der Waals surface area contributed by atoms with Crippen LogP contribution in [0.4, 0.5) is 0 Å². The Morgan fingerprint density at radius 1 is 1.47 bits per heavy atom. The van der Waals surface area contributed by atoms with Crippen molar-refractivity contribution in [1.82, 2.24) is 4.98 Å². The van der Waals surface area contributed by atoms with Crippen molar-refractivity contribution in [1.29, 1.82) is 0 Å². The predicted octanol–water partition coefficient (Wildman–Crippen LogP) is 3.35. The molecule has 1 aromatic heterocycles. The molecule has 1 aromatic carbocycles. The molecule has 0 bridgehead atoms. The zero-order valence-corrected chi connectivity index (χ0v) is 10.4. The third kappa shape index (κ3) is 2.04. The van der Waals surface area contributed by atoms with E-state index in [-0.39, 0.29) is 6.10 Å². The van der Waals surface area contributed by atoms with E-state index in [4.69, 9.17) is 16.3 Å². The molecule has 0 amide bonds. The van der Waals surface area contributed by atoms with E-state index in [1.54, 1.807) is 29.9 Å². The fraction of sp³-hybridized carbons (Fsp3) is 0.250. The lowest BCUT2D eigenvalue weighted by molar-refractivity contribution is 0.0673. The van der Waals surface area contributed by atoms with Crippen LogP contribution in [0.3, 0.4) is 0 Å². The maximum atomic E-state index is 10.1. The Hall–Kier alpha value is -1.10. The first-order chi connectivity index (χ1) is 8.24. The minimum atomic E-state index is -0.537. The summed E-state index contributed by atoms with van der Waals surface area (Å²) in [5.41, 5.74) is 2.53. The summed E-state index contributed by atoms with van der Waals surface area (Å²) in [6, 6.07) is 5.32. The van der Waals surface area contributed by atoms with Crippen molar-refractivity contribution < 1.29 is 9.84 Å². The molecule has 1 N–H and O–H groups in total. The molecule has 2 atom stereocenters. The third-order valence-electron chi connectivity index (χ3n) is 2.81. The molecule has 0 spiro atoms. The molecule has 0 aliphatic carbocycles. The highest BCUT2D eigenvalue weighted by molar-refractivity contribution is 7.09. The number of nitrogens with zero attached hydrogens (tertiary/aromatic N) is 1. The first-order valence-electron chi connectivity index (χ1n) is 5.26. The van der Waals surface area contributed by atoms with Crippen LogP contribution in [0.15, 0.2) is 29.9 Å². The van der Waals surface area contributed by atoms with Gasteiger partial charge in [0, 0.05) is 23.2 Å². The van der Waals surface area contributed by atoms with Gasteiger partial charge in [0.1, 0.15) is 11.9 Å². The van der Waals surface area contributed by atoms with Crippen molar-refractivity contribution in [2.75, 3.05) is 0 Å². The number of hydrogen-bond donors (Lipinski definition) is 1. The number of aromatic nitrogens is 1. The lowest BCUT2D eigenvalue weighted by Gasteiger charge is -2.28. The van der Waals surface area contributed by atoms with E-state index in [9.17, 15) is 5.11 Å². The average Bonchev–Trinajstić information content (AvgIpc) is 2.83. The molecule has 3 rings (SSSR count). The van der Waals surface area contributed by atoms with E-state index in [1.165, 1.54) is 11.3 Å². The largest absolute Gasteiger partial charge is 0.484 e. The summed E-state index contributed by atoms with van der Waals surface area (Å²) < 4.78 is 5.85. The molecule has 0 fully saturated rings. The molecule has 0 saturated carbocycles. The summed E-state index contributed by atoms with van der Waals surface area (Å²) in [5.74, 6) is 0.701. The second-order valence-corrected chi connectivity index (χ2v) is 5.30. The Morgan fingerprint density at radius 2 is 2.35 bits per heavy atom. The highest BCUT2D eigenvalue weighted by Crippen LogP contribution is 2.42. The highest BCUT2D eigenvalue weighted by atomic mass is 35.5. The van der Waals surface area contributed by atoms with Crippen molar-refractivity contribution >= 4 is 22.9 Å². The number of thiazole rings is 1. The topological polar surface area (TPSA) is 42.4 Å². The molecule has 2 aromatic rings. The molecular formula is C12H10ClNO2S. The molecule has 3 nitrogen and oxygen atoms in total. The molecule has 5 heteroatoms. The molecule has 2 heterocycles. The molecule has 17 heavy (non-hydrogen) atoms. The van der Waals surface area contributed by atoms with Crippen LogP contribution in [-0.4, -0.2) is 10.1 Å². The Balaban J connectivity index is 1.96. The first kappa shape index (κ1) is 11.0. The van der Waals surface area contributed by atoms with Gasteiger partial charge in [-0.2, -0.15) is 0 Å². The number of rotatable bonds is 1. The van der Waals surface area contributed by atoms with Gasteiger partial charge in [0.25, 0.3) is 0 Å². The van der Waals surface area contributed by atoms with E-state index in [2.05, 4.69) is 4.98 Å². The minimum Gasteiger partial charge on any atom is -0.484 e. The summed E-state index contributed by atoms with van der Waals surface area (Å²) in [5, 5.41) is 10.7. The van der Waals surface area contributed by atoms with Gasteiger partial charge in [-0.3, -0.25) is 4.98 Å². The fourth-order valence-corrected chi connectivity index (χ4v) is 2.82. The number of benzene rings is 1. The first-order valence-corrected chi connectivity index (χ1v) is 6.52. The molecule has 1 aliphatic heterocycles. The molecule has 0 saturated heterocycles. The number of fused-ring (bicyclic) bond motifs is 1. The van der Waals surface area contributed by atoms with E-state index in [0.29, 0.717) is 17.2 Å². The summed E-state index contributed by atoms with van der Waals surface area (Å²) >= 11 is 7.44. The van der Waals surface area contributed by atoms with Crippen LogP contribution in [-0.2, 0) is 0 Å². The monoisotopic (exact) mass is 267 g/mol. The van der Waals surface area contributed by atoms with Gasteiger partial charge >= 0.3 is 0 Å². The van der Waals surface area contributed by atoms with Crippen LogP contribution >= 0.6 is 22.9 Å². The molecular weight excluding hydrogens is 258 g/mol. The molecule has 1 unspecified atom stereocenters. The van der Waals surface area contributed by atoms with Gasteiger partial charge in [0.15, 0.2) is 0 Å². The van der Waals surface area contributed by atoms with Crippen LogP contribution in [0.2, 0.25) is 5.02 Å². The Labute approximate surface area is 108 Å². The second-order valence-electron chi connectivity index (χ2n) is 3.94. The van der Waals surface area contributed by atoms with Crippen LogP contribution in [0, 0.1) is 0 Å². The second kappa shape index (κ2) is 4.29. The van der Waals surface area contributed by atoms with Crippen LogP contribution in [0.25, 0.3) is 0 Å². The van der Waals surface area contributed by atoms with Crippen molar-refractivity contribution in [3.05, 3.63) is 45.4 Å². The van der Waals surface area contributed by atoms with Gasteiger partial charge in [-0.05, 0) is 18.2 Å². The lowest BCUT2D eigenvalue weighted by Crippen LogP contribution is -2.18. The quantitative estimate of drug-likeness (QED) is 0.862. The zero-order chi connectivity index (χ0) is 11.8. The Kier molecular flexibility index (Phi) is 2.78. The van der Waals surface area contributed by atoms with Gasteiger partial charge < -0.3 is 9.84 Å². The number of aliphatic hydroxyl groups excluding tert-OH is 1. The van der Waals surface area contributed by atoms with Gasteiger partial charge in [-0.25, -0.2) is 0 Å². The van der Waals surface area contributed by atoms with Gasteiger partial charge in [0.05, 0.1) is 16.5 Å². The summed E-state index contributed by atoms with van der Waals surface area (Å²) in [6.45, 7) is 0. The maximum Gasteiger partial charge on any atom is 0.137 e. The summed E-state index contributed by atoms with van der Waals surface area (Å²) in [4.78, 5) is 5.06. The van der Waals surface area contributed by atoms with Crippen LogP contribution < -0.4 is 4.74 Å². The van der Waals surface area contributed by atoms with Crippen molar-refractivity contribution in [3.8, 4) is 5.75 Å². The predicted molar refractivity (Wildman–Crippen MR) is 66.5 cm³/mol. The fourth-order valence-electron chi connectivity index (χ4n) is 1.98. The third-order valence-corrected chi connectivity index (χ3v) is 3.91. The molecule has 88 valence electrons. The SMILES string of the molecule is O[C@H]1CC(c2cncs2)Oc2ccc(Cl)cc21. The Morgan fingerprint density at radius 3 is 3.12 bits per heavy atom. The van der Waals surface area contributed by atoms with E-state index >= 15 is 0 Å². The van der Waals surface area contributed by atoms with E-state index in [0.717, 1.165) is 10.4 Å². The number of aliphatic hydroxyl groups is 1. The zero-order valence-electron chi connectivity index (χ0n) is 8.84. The van der Waals surface area contributed by atoms with Crippen molar-refractivity contribution in [2.24, 2.45) is 0 Å². The normalized spacial score (nSPS) is 22.9. The van der Waals surface area contributed by atoms with E-state index in [1.807, 2.05) is 0 Å². The van der Waals surface area contributed by atoms with Crippen molar-refractivity contribution in [2.45, 2.75) is 18.6 Å². The number of hydrogen-bond acceptors (Lipinski definition) is 4. The minimum absolute atomic E-state index is 0.119. The molecule has 0 radical (unpaired) electrons. The number of halogens is 1. The smallest absolute Gasteiger partial charge is 0.137 e. The van der Waals surface area contributed by atoms with Crippen LogP contribution in [0.1, 0.15) is 29.1 Å². The average molecular weight is 268 g/mol. The highest BCUT2D eigenvalue weighted by Gasteiger charge is 2.28.